The average molecular weight is 414 g/mol. The van der Waals surface area contributed by atoms with Gasteiger partial charge in [-0.25, -0.2) is 17.8 Å². The molecule has 1 aromatic heterocycles. The fourth-order valence-electron chi connectivity index (χ4n) is 3.42. The standard InChI is InChI=1S/C22H27N3O3S/c1-15(2)21-17(4)24(5)25(22(21)26)19-10-12-20(13-11-19)29(27,28)23-14-18-8-6-16(3)7-9-18/h6-13,15,23H,14H2,1-5H3. The molecule has 0 unspecified atom stereocenters. The predicted molar refractivity (Wildman–Crippen MR) is 115 cm³/mol. The summed E-state index contributed by atoms with van der Waals surface area (Å²) in [5.74, 6) is 0.112. The van der Waals surface area contributed by atoms with Gasteiger partial charge in [0.2, 0.25) is 10.0 Å². The molecule has 29 heavy (non-hydrogen) atoms. The number of nitrogens with zero attached hydrogens (tertiary/aromatic N) is 2. The molecule has 0 fully saturated rings. The summed E-state index contributed by atoms with van der Waals surface area (Å²) in [5.41, 5.74) is 4.24. The van der Waals surface area contributed by atoms with Gasteiger partial charge in [-0.1, -0.05) is 43.7 Å². The third-order valence-corrected chi connectivity index (χ3v) is 6.57. The first-order chi connectivity index (χ1) is 13.6. The maximum absolute atomic E-state index is 12.8. The molecular weight excluding hydrogens is 386 g/mol. The van der Waals surface area contributed by atoms with E-state index >= 15 is 0 Å². The second-order valence-electron chi connectivity index (χ2n) is 7.60. The Balaban J connectivity index is 1.86. The number of hydrogen-bond acceptors (Lipinski definition) is 3. The highest BCUT2D eigenvalue weighted by atomic mass is 32.2. The quantitative estimate of drug-likeness (QED) is 0.673. The predicted octanol–water partition coefficient (Wildman–Crippen LogP) is 3.39. The van der Waals surface area contributed by atoms with Crippen LogP contribution in [0.15, 0.2) is 58.2 Å². The molecule has 0 saturated heterocycles. The van der Waals surface area contributed by atoms with Gasteiger partial charge in [-0.2, -0.15) is 0 Å². The number of aromatic nitrogens is 2. The summed E-state index contributed by atoms with van der Waals surface area (Å²) >= 11 is 0. The van der Waals surface area contributed by atoms with Crippen molar-refractivity contribution in [1.29, 1.82) is 0 Å². The summed E-state index contributed by atoms with van der Waals surface area (Å²) in [4.78, 5) is 13.0. The Labute approximate surface area is 171 Å². The fourth-order valence-corrected chi connectivity index (χ4v) is 4.44. The summed E-state index contributed by atoms with van der Waals surface area (Å²) in [5, 5.41) is 0. The summed E-state index contributed by atoms with van der Waals surface area (Å²) in [7, 11) is -1.82. The van der Waals surface area contributed by atoms with Crippen molar-refractivity contribution in [1.82, 2.24) is 14.1 Å². The Morgan fingerprint density at radius 2 is 1.55 bits per heavy atom. The third-order valence-electron chi connectivity index (χ3n) is 5.15. The smallest absolute Gasteiger partial charge is 0.275 e. The van der Waals surface area contributed by atoms with E-state index in [1.165, 1.54) is 12.1 Å². The summed E-state index contributed by atoms with van der Waals surface area (Å²) in [6, 6.07) is 14.1. The number of nitrogens with one attached hydrogen (secondary N) is 1. The summed E-state index contributed by atoms with van der Waals surface area (Å²) in [6.07, 6.45) is 0. The van der Waals surface area contributed by atoms with Crippen molar-refractivity contribution in [2.45, 2.75) is 45.1 Å². The Morgan fingerprint density at radius 1 is 0.966 bits per heavy atom. The van der Waals surface area contributed by atoms with Crippen molar-refractivity contribution in [2.75, 3.05) is 0 Å². The zero-order chi connectivity index (χ0) is 21.3. The van der Waals surface area contributed by atoms with Crippen LogP contribution in [0.2, 0.25) is 0 Å². The van der Waals surface area contributed by atoms with Crippen molar-refractivity contribution in [2.24, 2.45) is 7.05 Å². The lowest BCUT2D eigenvalue weighted by Gasteiger charge is -2.10. The van der Waals surface area contributed by atoms with Crippen molar-refractivity contribution < 1.29 is 8.42 Å². The lowest BCUT2D eigenvalue weighted by Crippen LogP contribution is -2.24. The van der Waals surface area contributed by atoms with E-state index in [0.29, 0.717) is 5.69 Å². The van der Waals surface area contributed by atoms with E-state index < -0.39 is 10.0 Å². The van der Waals surface area contributed by atoms with Crippen LogP contribution in [-0.2, 0) is 23.6 Å². The van der Waals surface area contributed by atoms with Crippen LogP contribution in [0.5, 0.6) is 0 Å². The molecule has 3 rings (SSSR count). The zero-order valence-corrected chi connectivity index (χ0v) is 18.2. The van der Waals surface area contributed by atoms with E-state index in [9.17, 15) is 13.2 Å². The van der Waals surface area contributed by atoms with Crippen LogP contribution >= 0.6 is 0 Å². The van der Waals surface area contributed by atoms with Crippen LogP contribution in [0, 0.1) is 13.8 Å². The van der Waals surface area contributed by atoms with E-state index in [2.05, 4.69) is 4.72 Å². The lowest BCUT2D eigenvalue weighted by molar-refractivity contribution is 0.581. The van der Waals surface area contributed by atoms with Gasteiger partial charge in [0.1, 0.15) is 0 Å². The monoisotopic (exact) mass is 413 g/mol. The zero-order valence-electron chi connectivity index (χ0n) is 17.4. The topological polar surface area (TPSA) is 73.1 Å². The van der Waals surface area contributed by atoms with Crippen molar-refractivity contribution in [3.63, 3.8) is 0 Å². The van der Waals surface area contributed by atoms with Crippen molar-refractivity contribution in [3.8, 4) is 5.69 Å². The van der Waals surface area contributed by atoms with E-state index in [-0.39, 0.29) is 22.9 Å². The maximum Gasteiger partial charge on any atom is 0.275 e. The average Bonchev–Trinajstić information content (AvgIpc) is 2.90. The minimum Gasteiger partial charge on any atom is -0.285 e. The first kappa shape index (κ1) is 21.1. The van der Waals surface area contributed by atoms with Crippen LogP contribution in [-0.4, -0.2) is 17.8 Å². The van der Waals surface area contributed by atoms with Gasteiger partial charge in [0.25, 0.3) is 5.56 Å². The molecule has 154 valence electrons. The van der Waals surface area contributed by atoms with Crippen LogP contribution in [0.3, 0.4) is 0 Å². The van der Waals surface area contributed by atoms with Crippen molar-refractivity contribution in [3.05, 3.63) is 81.3 Å². The van der Waals surface area contributed by atoms with Gasteiger partial charge < -0.3 is 0 Å². The molecule has 1 heterocycles. The second kappa shape index (κ2) is 8.00. The van der Waals surface area contributed by atoms with Crippen LogP contribution in [0.1, 0.15) is 42.1 Å². The van der Waals surface area contributed by atoms with Gasteiger partial charge in [-0.3, -0.25) is 9.48 Å². The number of hydrogen-bond donors (Lipinski definition) is 1. The number of sulfonamides is 1. The number of aryl methyl sites for hydroxylation is 1. The van der Waals surface area contributed by atoms with Crippen LogP contribution in [0.4, 0.5) is 0 Å². The van der Waals surface area contributed by atoms with E-state index in [0.717, 1.165) is 22.4 Å². The van der Waals surface area contributed by atoms with Gasteiger partial charge in [0, 0.05) is 24.8 Å². The Bertz CT molecular complexity index is 1170. The summed E-state index contributed by atoms with van der Waals surface area (Å²) < 4.78 is 31.2. The molecule has 0 saturated carbocycles. The molecule has 0 aliphatic carbocycles. The Morgan fingerprint density at radius 3 is 2.07 bits per heavy atom. The molecule has 1 N–H and O–H groups in total. The first-order valence-corrected chi connectivity index (χ1v) is 11.0. The van der Waals surface area contributed by atoms with Crippen molar-refractivity contribution >= 4 is 10.0 Å². The largest absolute Gasteiger partial charge is 0.285 e. The molecular formula is C22H27N3O3S. The van der Waals surface area contributed by atoms with Gasteiger partial charge in [-0.15, -0.1) is 0 Å². The highest BCUT2D eigenvalue weighted by Gasteiger charge is 2.19. The normalized spacial score (nSPS) is 11.9. The van der Waals surface area contributed by atoms with Crippen LogP contribution < -0.4 is 10.3 Å². The van der Waals surface area contributed by atoms with Crippen LogP contribution in [0.25, 0.3) is 5.69 Å². The fraction of sp³-hybridized carbons (Fsp3) is 0.318. The minimum absolute atomic E-state index is 0.0758. The van der Waals surface area contributed by atoms with E-state index in [4.69, 9.17) is 0 Å². The highest BCUT2D eigenvalue weighted by molar-refractivity contribution is 7.89. The Hall–Kier alpha value is -2.64. The molecule has 0 radical (unpaired) electrons. The lowest BCUT2D eigenvalue weighted by atomic mass is 10.0. The molecule has 0 bridgehead atoms. The molecule has 0 amide bonds. The number of rotatable bonds is 6. The van der Waals surface area contributed by atoms with Gasteiger partial charge in [0.15, 0.2) is 0 Å². The minimum atomic E-state index is -3.65. The van der Waals surface area contributed by atoms with Gasteiger partial charge in [-0.05, 0) is 49.6 Å². The molecule has 0 spiro atoms. The third kappa shape index (κ3) is 4.21. The molecule has 3 aromatic rings. The summed E-state index contributed by atoms with van der Waals surface area (Å²) in [6.45, 7) is 8.10. The van der Waals surface area contributed by atoms with Gasteiger partial charge >= 0.3 is 0 Å². The van der Waals surface area contributed by atoms with Gasteiger partial charge in [0.05, 0.1) is 10.6 Å². The molecule has 2 aromatic carbocycles. The Kier molecular flexibility index (Phi) is 5.82. The molecule has 7 heteroatoms. The first-order valence-electron chi connectivity index (χ1n) is 9.56. The molecule has 0 atom stereocenters. The van der Waals surface area contributed by atoms with E-state index in [1.807, 2.05) is 59.0 Å². The molecule has 0 aliphatic rings. The maximum atomic E-state index is 12.8. The molecule has 6 nitrogen and oxygen atoms in total. The number of benzene rings is 2. The second-order valence-corrected chi connectivity index (χ2v) is 9.37. The SMILES string of the molecule is Cc1ccc(CNS(=O)(=O)c2ccc(-n3c(=O)c(C(C)C)c(C)n3C)cc2)cc1. The highest BCUT2D eigenvalue weighted by Crippen LogP contribution is 2.19. The van der Waals surface area contributed by atoms with E-state index in [1.54, 1.807) is 21.5 Å². The molecule has 0 aliphatic heterocycles.